The van der Waals surface area contributed by atoms with Crippen molar-refractivity contribution in [2.24, 2.45) is 17.9 Å². The second-order valence-corrected chi connectivity index (χ2v) is 7.38. The van der Waals surface area contributed by atoms with Crippen molar-refractivity contribution in [2.75, 3.05) is 13.1 Å². The Morgan fingerprint density at radius 1 is 1.21 bits per heavy atom. The number of aryl methyl sites for hydroxylation is 2. The number of pyridine rings is 1. The Bertz CT molecular complexity index is 1060. The first-order valence-electron chi connectivity index (χ1n) is 9.97. The van der Waals surface area contributed by atoms with Crippen LogP contribution in [-0.4, -0.2) is 34.4 Å². The zero-order valence-corrected chi connectivity index (χ0v) is 17.0. The number of nitrogens with zero attached hydrogens (tertiary/aromatic N) is 4. The van der Waals surface area contributed by atoms with Gasteiger partial charge in [-0.3, -0.25) is 10.3 Å². The zero-order valence-electron chi connectivity index (χ0n) is 17.0. The molecule has 4 rings (SSSR count). The summed E-state index contributed by atoms with van der Waals surface area (Å²) in [6, 6.07) is 14.1. The minimum Gasteiger partial charge on any atom is -0.485 e. The molecular formula is C22H28N6O+2. The summed E-state index contributed by atoms with van der Waals surface area (Å²) >= 11 is 0. The lowest BCUT2D eigenvalue weighted by Gasteiger charge is -2.04. The molecule has 0 unspecified atom stereocenters. The van der Waals surface area contributed by atoms with Crippen LogP contribution in [0.15, 0.2) is 53.8 Å². The largest absolute Gasteiger partial charge is 0.485 e. The fourth-order valence-electron chi connectivity index (χ4n) is 3.58. The molecule has 3 aromatic rings. The predicted molar refractivity (Wildman–Crippen MR) is 113 cm³/mol. The molecule has 7 nitrogen and oxygen atoms in total. The van der Waals surface area contributed by atoms with Gasteiger partial charge in [0.25, 0.3) is 5.65 Å². The lowest BCUT2D eigenvalue weighted by atomic mass is 10.2. The number of nitrogens with one attached hydrogen (secondary N) is 1. The molecule has 0 atom stereocenters. The summed E-state index contributed by atoms with van der Waals surface area (Å²) in [6.45, 7) is 4.60. The molecule has 1 fully saturated rings. The van der Waals surface area contributed by atoms with Gasteiger partial charge in [0.2, 0.25) is 0 Å². The van der Waals surface area contributed by atoms with E-state index in [0.29, 0.717) is 12.6 Å². The quantitative estimate of drug-likeness (QED) is 0.300. The van der Waals surface area contributed by atoms with E-state index in [9.17, 15) is 0 Å². The molecule has 0 saturated carbocycles. The maximum Gasteiger partial charge on any atom is 0.367 e. The highest BCUT2D eigenvalue weighted by molar-refractivity contribution is 5.81. The van der Waals surface area contributed by atoms with Crippen molar-refractivity contribution in [1.29, 1.82) is 0 Å². The van der Waals surface area contributed by atoms with Crippen LogP contribution < -0.4 is 20.3 Å². The summed E-state index contributed by atoms with van der Waals surface area (Å²) in [5.41, 5.74) is 13.4. The molecule has 0 spiro atoms. The van der Waals surface area contributed by atoms with Crippen molar-refractivity contribution in [3.63, 3.8) is 0 Å². The van der Waals surface area contributed by atoms with Crippen LogP contribution >= 0.6 is 0 Å². The number of hydrogen-bond acceptors (Lipinski definition) is 2. The number of rotatable bonds is 5. The third-order valence-electron chi connectivity index (χ3n) is 5.37. The van der Waals surface area contributed by atoms with Gasteiger partial charge in [0.1, 0.15) is 17.6 Å². The van der Waals surface area contributed by atoms with Gasteiger partial charge in [-0.15, -0.1) is 5.10 Å². The van der Waals surface area contributed by atoms with E-state index in [4.69, 9.17) is 10.5 Å². The van der Waals surface area contributed by atoms with Gasteiger partial charge < -0.3 is 4.74 Å². The van der Waals surface area contributed by atoms with E-state index in [2.05, 4.69) is 62.4 Å². The molecular weight excluding hydrogens is 364 g/mol. The Morgan fingerprint density at radius 2 is 1.97 bits per heavy atom. The van der Waals surface area contributed by atoms with Gasteiger partial charge in [0, 0.05) is 6.07 Å². The first kappa shape index (κ1) is 19.0. The highest BCUT2D eigenvalue weighted by Crippen LogP contribution is 2.14. The number of aromatic nitrogens is 2. The van der Waals surface area contributed by atoms with Gasteiger partial charge in [0.05, 0.1) is 26.4 Å². The van der Waals surface area contributed by atoms with Crippen molar-refractivity contribution >= 4 is 17.8 Å². The van der Waals surface area contributed by atoms with Crippen LogP contribution in [0.25, 0.3) is 5.65 Å². The fraction of sp³-hybridized carbons (Fsp3) is 0.318. The molecule has 1 saturated heterocycles. The number of fused-ring (bicyclic) bond motifs is 1. The number of nitrogens with two attached hydrogens (primary N) is 1. The highest BCUT2D eigenvalue weighted by atomic mass is 16.5. The van der Waals surface area contributed by atoms with Gasteiger partial charge in [-0.1, -0.05) is 6.07 Å². The van der Waals surface area contributed by atoms with Gasteiger partial charge in [-0.25, -0.2) is 4.57 Å². The molecule has 1 aliphatic heterocycles. The van der Waals surface area contributed by atoms with E-state index in [-0.39, 0.29) is 0 Å². The molecule has 0 aliphatic carbocycles. The van der Waals surface area contributed by atoms with Crippen molar-refractivity contribution in [3.05, 3.63) is 65.6 Å². The number of imidazole rings is 1. The second kappa shape index (κ2) is 8.34. The van der Waals surface area contributed by atoms with Crippen molar-refractivity contribution < 1.29 is 13.7 Å². The second-order valence-electron chi connectivity index (χ2n) is 7.38. The molecule has 2 aromatic heterocycles. The number of hydrazone groups is 1. The van der Waals surface area contributed by atoms with Crippen LogP contribution in [0.2, 0.25) is 0 Å². The van der Waals surface area contributed by atoms with E-state index < -0.39 is 0 Å². The van der Waals surface area contributed by atoms with Crippen LogP contribution in [0.5, 0.6) is 5.75 Å². The summed E-state index contributed by atoms with van der Waals surface area (Å²) in [6.07, 6.45) is 6.25. The van der Waals surface area contributed by atoms with Gasteiger partial charge >= 0.3 is 5.96 Å². The lowest BCUT2D eigenvalue weighted by Crippen LogP contribution is -2.37. The summed E-state index contributed by atoms with van der Waals surface area (Å²) < 4.78 is 12.4. The third kappa shape index (κ3) is 4.23. The minimum atomic E-state index is 0.508. The maximum atomic E-state index is 6.01. The average Bonchev–Trinajstić information content (AvgIpc) is 3.37. The number of ether oxygens (including phenoxy) is 1. The van der Waals surface area contributed by atoms with E-state index in [1.54, 1.807) is 6.21 Å². The minimum absolute atomic E-state index is 0.508. The Kier molecular flexibility index (Phi) is 5.46. The Balaban J connectivity index is 1.36. The van der Waals surface area contributed by atoms with Crippen LogP contribution in [0.1, 0.15) is 29.8 Å². The normalized spacial score (nSPS) is 14.1. The molecule has 7 heteroatoms. The van der Waals surface area contributed by atoms with Crippen LogP contribution in [-0.2, 0) is 13.7 Å². The van der Waals surface area contributed by atoms with Crippen molar-refractivity contribution in [2.45, 2.75) is 26.4 Å². The van der Waals surface area contributed by atoms with E-state index in [1.807, 2.05) is 24.3 Å². The first-order valence-corrected chi connectivity index (χ1v) is 9.97. The van der Waals surface area contributed by atoms with Crippen molar-refractivity contribution in [3.8, 4) is 5.75 Å². The summed E-state index contributed by atoms with van der Waals surface area (Å²) in [4.78, 5) is 0. The molecule has 150 valence electrons. The lowest BCUT2D eigenvalue weighted by molar-refractivity contribution is -0.518. The fourth-order valence-corrected chi connectivity index (χ4v) is 3.58. The predicted octanol–water partition coefficient (Wildman–Crippen LogP) is 1.70. The summed E-state index contributed by atoms with van der Waals surface area (Å²) in [5.74, 6) is 1.44. The number of guanidine groups is 1. The van der Waals surface area contributed by atoms with E-state index in [1.165, 1.54) is 18.5 Å². The number of hydrogen-bond donors (Lipinski definition) is 2. The Hall–Kier alpha value is -3.35. The topological polar surface area (TPSA) is 71.7 Å². The zero-order chi connectivity index (χ0) is 20.2. The van der Waals surface area contributed by atoms with E-state index >= 15 is 0 Å². The molecule has 1 aliphatic rings. The highest BCUT2D eigenvalue weighted by Gasteiger charge is 2.16. The molecule has 3 heterocycles. The molecule has 0 amide bonds. The SMILES string of the molecule is Cc1cccc2n(C)c(COc3ccc(/C=N\NC(N)=[N+]4CCCC4)cc3)c[n+]12. The molecule has 1 aromatic carbocycles. The number of benzene rings is 1. The Morgan fingerprint density at radius 3 is 2.69 bits per heavy atom. The molecule has 0 bridgehead atoms. The molecule has 0 radical (unpaired) electrons. The average molecular weight is 393 g/mol. The van der Waals surface area contributed by atoms with Crippen LogP contribution in [0.4, 0.5) is 0 Å². The van der Waals surface area contributed by atoms with Gasteiger partial charge in [-0.2, -0.15) is 9.83 Å². The summed E-state index contributed by atoms with van der Waals surface area (Å²) in [5, 5.41) is 4.23. The van der Waals surface area contributed by atoms with Gasteiger partial charge in [-0.05, 0) is 55.7 Å². The smallest absolute Gasteiger partial charge is 0.367 e. The Labute approximate surface area is 170 Å². The summed E-state index contributed by atoms with van der Waals surface area (Å²) in [7, 11) is 2.06. The van der Waals surface area contributed by atoms with Gasteiger partial charge in [0.15, 0.2) is 12.3 Å². The van der Waals surface area contributed by atoms with Crippen LogP contribution in [0, 0.1) is 6.92 Å². The van der Waals surface area contributed by atoms with E-state index in [0.717, 1.165) is 35.7 Å². The first-order chi connectivity index (χ1) is 14.1. The van der Waals surface area contributed by atoms with Crippen LogP contribution in [0.3, 0.4) is 0 Å². The maximum absolute atomic E-state index is 6.01. The van der Waals surface area contributed by atoms with Crippen molar-refractivity contribution in [1.82, 2.24) is 9.99 Å². The molecule has 3 N–H and O–H groups in total. The third-order valence-corrected chi connectivity index (χ3v) is 5.37. The molecule has 29 heavy (non-hydrogen) atoms. The standard InChI is InChI=1S/C22H27N6O/c1-17-6-5-7-21-26(2)19(15-28(17)21)16-29-20-10-8-18(9-11-20)14-24-25-22(23)27-12-3-4-13-27/h5-11,14-15H,3-4,12-13,16H2,1-2H3,(H2,23,25)/q+1/p+1/b24-14-. The monoisotopic (exact) mass is 392 g/mol.